The van der Waals surface area contributed by atoms with Gasteiger partial charge in [0.2, 0.25) is 5.91 Å². The zero-order chi connectivity index (χ0) is 52.5. The summed E-state index contributed by atoms with van der Waals surface area (Å²) in [6, 6.07) is -1.18. The van der Waals surface area contributed by atoms with Crippen molar-refractivity contribution in [3.05, 3.63) is 12.2 Å². The van der Waals surface area contributed by atoms with Gasteiger partial charge in [-0.2, -0.15) is 0 Å². The normalized spacial score (nSPS) is 20.0. The number of hydrogen-bond acceptors (Lipinski definition) is 10. The molecule has 11 nitrogen and oxygen atoms in total. The van der Waals surface area contributed by atoms with Crippen LogP contribution >= 0.6 is 0 Å². The maximum Gasteiger partial charge on any atom is 0.249 e. The minimum Gasteiger partial charge on any atom is -0.394 e. The number of ether oxygens (including phenoxy) is 2. The molecule has 1 heterocycles. The van der Waals surface area contributed by atoms with E-state index in [0.717, 1.165) is 38.5 Å². The molecule has 72 heavy (non-hydrogen) atoms. The van der Waals surface area contributed by atoms with Crippen molar-refractivity contribution in [1.29, 1.82) is 0 Å². The zero-order valence-corrected chi connectivity index (χ0v) is 46.9. The average molecular weight is 1030 g/mol. The molecule has 9 atom stereocenters. The first-order valence-electron chi connectivity index (χ1n) is 31.1. The van der Waals surface area contributed by atoms with Crippen LogP contribution in [0, 0.1) is 0 Å². The van der Waals surface area contributed by atoms with Gasteiger partial charge in [0.1, 0.15) is 36.6 Å². The molecule has 1 aliphatic rings. The predicted octanol–water partition coefficient (Wildman–Crippen LogP) is 13.5. The van der Waals surface area contributed by atoms with Gasteiger partial charge in [-0.05, 0) is 38.5 Å². The molecule has 0 bridgehead atoms. The topological polar surface area (TPSA) is 189 Å². The highest BCUT2D eigenvalue weighted by molar-refractivity contribution is 5.80. The quantitative estimate of drug-likeness (QED) is 0.0215. The number of unbranched alkanes of at least 4 members (excludes halogenated alkanes) is 40. The third-order valence-corrected chi connectivity index (χ3v) is 15.3. The molecular formula is C61H119NO10. The molecule has 1 aliphatic heterocycles. The molecule has 1 saturated heterocycles. The highest BCUT2D eigenvalue weighted by Gasteiger charge is 2.44. The van der Waals surface area contributed by atoms with Gasteiger partial charge in [-0.15, -0.1) is 0 Å². The van der Waals surface area contributed by atoms with Crippen LogP contribution in [0.2, 0.25) is 0 Å². The van der Waals surface area contributed by atoms with Crippen LogP contribution in [0.1, 0.15) is 303 Å². The summed E-state index contributed by atoms with van der Waals surface area (Å²) >= 11 is 0. The van der Waals surface area contributed by atoms with Crippen molar-refractivity contribution in [2.45, 2.75) is 358 Å². The van der Waals surface area contributed by atoms with Crippen LogP contribution in [0.3, 0.4) is 0 Å². The summed E-state index contributed by atoms with van der Waals surface area (Å²) in [6.45, 7) is 3.49. The zero-order valence-electron chi connectivity index (χ0n) is 46.9. The van der Waals surface area contributed by atoms with Crippen molar-refractivity contribution in [1.82, 2.24) is 5.32 Å². The van der Waals surface area contributed by atoms with Crippen LogP contribution in [0.4, 0.5) is 0 Å². The third kappa shape index (κ3) is 38.4. The number of amides is 1. The van der Waals surface area contributed by atoms with Gasteiger partial charge in [-0.25, -0.2) is 0 Å². The van der Waals surface area contributed by atoms with Crippen LogP contribution < -0.4 is 5.32 Å². The molecule has 0 aromatic rings. The lowest BCUT2D eigenvalue weighted by molar-refractivity contribution is -0.303. The van der Waals surface area contributed by atoms with Crippen molar-refractivity contribution in [3.63, 3.8) is 0 Å². The first kappa shape index (κ1) is 68.9. The van der Waals surface area contributed by atoms with Gasteiger partial charge < -0.3 is 50.5 Å². The largest absolute Gasteiger partial charge is 0.394 e. The number of nitrogens with one attached hydrogen (secondary N) is 1. The van der Waals surface area contributed by atoms with Gasteiger partial charge in [0, 0.05) is 0 Å². The van der Waals surface area contributed by atoms with E-state index in [9.17, 15) is 40.5 Å². The summed E-state index contributed by atoms with van der Waals surface area (Å²) in [4.78, 5) is 13.2. The van der Waals surface area contributed by atoms with E-state index in [0.29, 0.717) is 12.8 Å². The fraction of sp³-hybridized carbons (Fsp3) is 0.951. The number of aliphatic hydroxyl groups is 7. The number of rotatable bonds is 54. The molecule has 0 radical (unpaired) electrons. The number of allylic oxidation sites excluding steroid dienone is 2. The monoisotopic (exact) mass is 1030 g/mol. The minimum atomic E-state index is -1.67. The highest BCUT2D eigenvalue weighted by atomic mass is 16.7. The summed E-state index contributed by atoms with van der Waals surface area (Å²) in [5, 5.41) is 76.2. The maximum absolute atomic E-state index is 13.2. The van der Waals surface area contributed by atoms with Crippen molar-refractivity contribution >= 4 is 5.91 Å². The van der Waals surface area contributed by atoms with E-state index < -0.39 is 74.2 Å². The summed E-state index contributed by atoms with van der Waals surface area (Å²) in [5.41, 5.74) is 0. The second-order valence-corrected chi connectivity index (χ2v) is 22.1. The van der Waals surface area contributed by atoms with E-state index >= 15 is 0 Å². The van der Waals surface area contributed by atoms with Crippen LogP contribution in [-0.2, 0) is 14.3 Å². The highest BCUT2D eigenvalue weighted by Crippen LogP contribution is 2.24. The van der Waals surface area contributed by atoms with Crippen molar-refractivity contribution in [2.24, 2.45) is 0 Å². The van der Waals surface area contributed by atoms with Crippen LogP contribution in [0.5, 0.6) is 0 Å². The molecule has 1 amide bonds. The summed E-state index contributed by atoms with van der Waals surface area (Å²) < 4.78 is 11.2. The summed E-state index contributed by atoms with van der Waals surface area (Å²) in [5.74, 6) is -0.699. The second kappa shape index (κ2) is 50.7. The van der Waals surface area contributed by atoms with Gasteiger partial charge >= 0.3 is 0 Å². The van der Waals surface area contributed by atoms with E-state index in [2.05, 4.69) is 31.3 Å². The second-order valence-electron chi connectivity index (χ2n) is 22.1. The number of carbonyl (C=O) groups excluding carboxylic acids is 1. The molecule has 0 saturated carbocycles. The molecular weight excluding hydrogens is 907 g/mol. The molecule has 8 N–H and O–H groups in total. The molecule has 0 aromatic carbocycles. The molecule has 0 aliphatic carbocycles. The first-order valence-corrected chi connectivity index (χ1v) is 31.1. The van der Waals surface area contributed by atoms with Gasteiger partial charge in [0.05, 0.1) is 25.4 Å². The van der Waals surface area contributed by atoms with E-state index in [4.69, 9.17) is 9.47 Å². The lowest BCUT2D eigenvalue weighted by Crippen LogP contribution is -2.60. The Balaban J connectivity index is 2.28. The Labute approximate surface area is 442 Å². The average Bonchev–Trinajstić information content (AvgIpc) is 3.38. The third-order valence-electron chi connectivity index (χ3n) is 15.3. The van der Waals surface area contributed by atoms with Gasteiger partial charge in [0.15, 0.2) is 6.29 Å². The molecule has 11 heteroatoms. The molecule has 9 unspecified atom stereocenters. The fourth-order valence-electron chi connectivity index (χ4n) is 10.3. The summed E-state index contributed by atoms with van der Waals surface area (Å²) in [7, 11) is 0. The van der Waals surface area contributed by atoms with E-state index in [1.807, 2.05) is 0 Å². The standard InChI is InChI=1S/C61H119NO10/c1-3-5-7-9-11-13-15-17-19-21-23-25-26-27-29-30-32-34-36-38-40-42-44-46-48-53(64)56(66)52(51-71-61-59(69)58(68)57(67)55(50-63)72-61)62-60(70)54(65)49-47-45-43-41-39-37-35-33-31-28-24-22-20-18-16-14-12-10-8-6-4-2/h40,42,52-59,61,63-69H,3-39,41,43-51H2,1-2H3,(H,62,70)/b42-40+. The number of carbonyl (C=O) groups is 1. The fourth-order valence-corrected chi connectivity index (χ4v) is 10.3. The van der Waals surface area contributed by atoms with Crippen molar-refractivity contribution in [3.8, 4) is 0 Å². The lowest BCUT2D eigenvalue weighted by atomic mass is 9.98. The molecule has 0 spiro atoms. The first-order chi connectivity index (χ1) is 35.2. The summed E-state index contributed by atoms with van der Waals surface area (Å²) in [6.07, 6.45) is 48.5. The predicted molar refractivity (Wildman–Crippen MR) is 298 cm³/mol. The maximum atomic E-state index is 13.2. The van der Waals surface area contributed by atoms with Crippen LogP contribution in [0.15, 0.2) is 12.2 Å². The SMILES string of the molecule is CCCCCCCCCCCCCCCCCCCCC/C=C/CCCC(O)C(O)C(COC1OC(CO)C(O)C(O)C1O)NC(=O)C(O)CCCCCCCCCCCCCCCCCCCCCCC. The Morgan fingerprint density at radius 1 is 0.472 bits per heavy atom. The Bertz CT molecular complexity index is 1180. The van der Waals surface area contributed by atoms with Crippen LogP contribution in [-0.4, -0.2) is 110 Å². The van der Waals surface area contributed by atoms with E-state index in [-0.39, 0.29) is 12.8 Å². The molecule has 1 fully saturated rings. The van der Waals surface area contributed by atoms with E-state index in [1.54, 1.807) is 0 Å². The minimum absolute atomic E-state index is 0.260. The van der Waals surface area contributed by atoms with Gasteiger partial charge in [0.25, 0.3) is 0 Å². The molecule has 0 aromatic heterocycles. The smallest absolute Gasteiger partial charge is 0.249 e. The Kier molecular flexibility index (Phi) is 48.4. The number of hydrogen-bond donors (Lipinski definition) is 8. The van der Waals surface area contributed by atoms with Crippen molar-refractivity contribution < 1.29 is 50.0 Å². The van der Waals surface area contributed by atoms with E-state index in [1.165, 1.54) is 225 Å². The van der Waals surface area contributed by atoms with Gasteiger partial charge in [-0.1, -0.05) is 276 Å². The Morgan fingerprint density at radius 2 is 0.819 bits per heavy atom. The lowest BCUT2D eigenvalue weighted by Gasteiger charge is -2.40. The Morgan fingerprint density at radius 3 is 1.19 bits per heavy atom. The van der Waals surface area contributed by atoms with Gasteiger partial charge in [-0.3, -0.25) is 4.79 Å². The Hall–Kier alpha value is -1.15. The van der Waals surface area contributed by atoms with Crippen LogP contribution in [0.25, 0.3) is 0 Å². The molecule has 428 valence electrons. The number of aliphatic hydroxyl groups excluding tert-OH is 7. The van der Waals surface area contributed by atoms with Crippen molar-refractivity contribution in [2.75, 3.05) is 13.2 Å². The molecule has 1 rings (SSSR count).